The zero-order chi connectivity index (χ0) is 14.5. The summed E-state index contributed by atoms with van der Waals surface area (Å²) in [5.74, 6) is 0.100. The van der Waals surface area contributed by atoms with Crippen LogP contribution in [0.5, 0.6) is 0 Å². The van der Waals surface area contributed by atoms with E-state index >= 15 is 0 Å². The number of likely N-dealkylation sites (tertiary alicyclic amines) is 1. The second-order valence-electron chi connectivity index (χ2n) is 5.36. The van der Waals surface area contributed by atoms with E-state index in [1.54, 1.807) is 12.4 Å². The van der Waals surface area contributed by atoms with Crippen molar-refractivity contribution < 1.29 is 9.59 Å². The van der Waals surface area contributed by atoms with Crippen LogP contribution in [0.2, 0.25) is 5.02 Å². The number of pyridine rings is 1. The molecule has 0 atom stereocenters. The number of halogens is 1. The average molecular weight is 295 g/mol. The number of nitrogens with zero attached hydrogens (tertiary/aromatic N) is 2. The Labute approximate surface area is 124 Å². The van der Waals surface area contributed by atoms with Gasteiger partial charge in [-0.25, -0.2) is 0 Å². The molecule has 1 fully saturated rings. The molecule has 0 unspecified atom stereocenters. The summed E-state index contributed by atoms with van der Waals surface area (Å²) in [7, 11) is 0. The minimum Gasteiger partial charge on any atom is -0.300 e. The Balaban J connectivity index is 1.84. The molecule has 1 aromatic rings. The summed E-state index contributed by atoms with van der Waals surface area (Å²) in [6.45, 7) is 3.99. The van der Waals surface area contributed by atoms with Crippen LogP contribution in [-0.2, 0) is 16.1 Å². The molecule has 0 spiro atoms. The highest BCUT2D eigenvalue weighted by Gasteiger charge is 2.25. The van der Waals surface area contributed by atoms with Crippen molar-refractivity contribution in [1.82, 2.24) is 9.88 Å². The number of rotatable bonds is 5. The van der Waals surface area contributed by atoms with E-state index in [-0.39, 0.29) is 23.9 Å². The van der Waals surface area contributed by atoms with Crippen molar-refractivity contribution in [1.29, 1.82) is 0 Å². The van der Waals surface area contributed by atoms with Crippen LogP contribution in [-0.4, -0.2) is 34.5 Å². The Morgan fingerprint density at radius 1 is 1.40 bits per heavy atom. The van der Waals surface area contributed by atoms with Gasteiger partial charge in [0, 0.05) is 24.9 Å². The molecule has 20 heavy (non-hydrogen) atoms. The molecule has 1 aliphatic heterocycles. The third-order valence-electron chi connectivity index (χ3n) is 3.72. The van der Waals surface area contributed by atoms with Gasteiger partial charge in [0.1, 0.15) is 11.6 Å². The van der Waals surface area contributed by atoms with Crippen molar-refractivity contribution >= 4 is 23.2 Å². The summed E-state index contributed by atoms with van der Waals surface area (Å²) in [4.78, 5) is 29.1. The van der Waals surface area contributed by atoms with E-state index in [2.05, 4.69) is 9.88 Å². The van der Waals surface area contributed by atoms with Crippen molar-refractivity contribution in [3.8, 4) is 0 Å². The molecule has 0 radical (unpaired) electrons. The predicted octanol–water partition coefficient (Wildman–Crippen LogP) is 2.50. The first-order valence-corrected chi connectivity index (χ1v) is 7.27. The van der Waals surface area contributed by atoms with Crippen LogP contribution in [0.15, 0.2) is 18.5 Å². The third kappa shape index (κ3) is 4.12. The predicted molar refractivity (Wildman–Crippen MR) is 77.6 cm³/mol. The van der Waals surface area contributed by atoms with Gasteiger partial charge in [0.25, 0.3) is 0 Å². The van der Waals surface area contributed by atoms with Gasteiger partial charge in [0.15, 0.2) is 0 Å². The van der Waals surface area contributed by atoms with Crippen LogP contribution < -0.4 is 0 Å². The number of hydrogen-bond donors (Lipinski definition) is 0. The fourth-order valence-corrected chi connectivity index (χ4v) is 2.75. The zero-order valence-corrected chi connectivity index (χ0v) is 12.4. The minimum atomic E-state index is -0.0407. The van der Waals surface area contributed by atoms with Crippen molar-refractivity contribution in [3.63, 3.8) is 0 Å². The standard InChI is InChI=1S/C15H19ClN2O2/c1-11(19)8-15(20)12-3-6-18(7-4-12)10-13-2-5-17-9-14(13)16/h2,5,9,12H,3-4,6-8,10H2,1H3. The number of Topliss-reactive ketones (excluding diaryl/α,β-unsaturated/α-hetero) is 2. The third-order valence-corrected chi connectivity index (χ3v) is 4.06. The van der Waals surface area contributed by atoms with E-state index in [0.29, 0.717) is 5.02 Å². The molecule has 0 saturated carbocycles. The lowest BCUT2D eigenvalue weighted by Crippen LogP contribution is -2.36. The second-order valence-corrected chi connectivity index (χ2v) is 5.77. The summed E-state index contributed by atoms with van der Waals surface area (Å²) in [6.07, 6.45) is 5.13. The average Bonchev–Trinajstić information content (AvgIpc) is 2.41. The summed E-state index contributed by atoms with van der Waals surface area (Å²) < 4.78 is 0. The van der Waals surface area contributed by atoms with E-state index in [9.17, 15) is 9.59 Å². The smallest absolute Gasteiger partial charge is 0.143 e. The second kappa shape index (κ2) is 6.95. The maximum absolute atomic E-state index is 11.9. The molecule has 0 aromatic carbocycles. The molecule has 108 valence electrons. The normalized spacial score (nSPS) is 17.1. The van der Waals surface area contributed by atoms with Gasteiger partial charge < -0.3 is 0 Å². The quantitative estimate of drug-likeness (QED) is 0.783. The number of carbonyl (C=O) groups excluding carboxylic acids is 2. The van der Waals surface area contributed by atoms with Crippen LogP contribution in [0.1, 0.15) is 31.7 Å². The fraction of sp³-hybridized carbons (Fsp3) is 0.533. The molecular weight excluding hydrogens is 276 g/mol. The van der Waals surface area contributed by atoms with Gasteiger partial charge in [-0.3, -0.25) is 19.5 Å². The van der Waals surface area contributed by atoms with E-state index in [0.717, 1.165) is 38.0 Å². The fourth-order valence-electron chi connectivity index (χ4n) is 2.58. The van der Waals surface area contributed by atoms with Crippen molar-refractivity contribution in [3.05, 3.63) is 29.0 Å². The van der Waals surface area contributed by atoms with Gasteiger partial charge in [-0.15, -0.1) is 0 Å². The Kier molecular flexibility index (Phi) is 5.26. The SMILES string of the molecule is CC(=O)CC(=O)C1CCN(Cc2ccncc2Cl)CC1. The number of ketones is 2. The van der Waals surface area contributed by atoms with Crippen LogP contribution in [0.4, 0.5) is 0 Å². The Bertz CT molecular complexity index is 496. The van der Waals surface area contributed by atoms with E-state index in [1.165, 1.54) is 6.92 Å². The minimum absolute atomic E-state index is 0.0407. The van der Waals surface area contributed by atoms with Crippen LogP contribution in [0, 0.1) is 5.92 Å². The Morgan fingerprint density at radius 3 is 2.70 bits per heavy atom. The topological polar surface area (TPSA) is 50.3 Å². The summed E-state index contributed by atoms with van der Waals surface area (Å²) >= 11 is 6.10. The first-order valence-electron chi connectivity index (χ1n) is 6.89. The van der Waals surface area contributed by atoms with Crippen molar-refractivity contribution in [2.24, 2.45) is 5.92 Å². The molecule has 1 aromatic heterocycles. The molecule has 5 heteroatoms. The molecule has 2 rings (SSSR count). The maximum Gasteiger partial charge on any atom is 0.143 e. The van der Waals surface area contributed by atoms with Gasteiger partial charge in [0.05, 0.1) is 11.4 Å². The van der Waals surface area contributed by atoms with Gasteiger partial charge in [-0.1, -0.05) is 11.6 Å². The van der Waals surface area contributed by atoms with E-state index < -0.39 is 0 Å². The van der Waals surface area contributed by atoms with Crippen LogP contribution in [0.25, 0.3) is 0 Å². The highest BCUT2D eigenvalue weighted by atomic mass is 35.5. The largest absolute Gasteiger partial charge is 0.300 e. The molecular formula is C15H19ClN2O2. The zero-order valence-electron chi connectivity index (χ0n) is 11.6. The molecule has 0 N–H and O–H groups in total. The van der Waals surface area contributed by atoms with Gasteiger partial charge in [0.2, 0.25) is 0 Å². The Hall–Kier alpha value is -1.26. The Morgan fingerprint density at radius 2 is 2.10 bits per heavy atom. The number of aromatic nitrogens is 1. The molecule has 1 saturated heterocycles. The van der Waals surface area contributed by atoms with E-state index in [1.807, 2.05) is 6.07 Å². The first kappa shape index (κ1) is 15.1. The molecule has 0 amide bonds. The van der Waals surface area contributed by atoms with Crippen LogP contribution in [0.3, 0.4) is 0 Å². The molecule has 2 heterocycles. The first-order chi connectivity index (χ1) is 9.56. The maximum atomic E-state index is 11.9. The highest BCUT2D eigenvalue weighted by Crippen LogP contribution is 2.23. The van der Waals surface area contributed by atoms with E-state index in [4.69, 9.17) is 11.6 Å². The van der Waals surface area contributed by atoms with Gasteiger partial charge >= 0.3 is 0 Å². The molecule has 0 bridgehead atoms. The lowest BCUT2D eigenvalue weighted by molar-refractivity contribution is -0.129. The summed E-state index contributed by atoms with van der Waals surface area (Å²) in [6, 6.07) is 1.93. The van der Waals surface area contributed by atoms with Crippen molar-refractivity contribution in [2.45, 2.75) is 32.7 Å². The van der Waals surface area contributed by atoms with Gasteiger partial charge in [-0.2, -0.15) is 0 Å². The highest BCUT2D eigenvalue weighted by molar-refractivity contribution is 6.31. The summed E-state index contributed by atoms with van der Waals surface area (Å²) in [5, 5.41) is 0.683. The van der Waals surface area contributed by atoms with Crippen molar-refractivity contribution in [2.75, 3.05) is 13.1 Å². The monoisotopic (exact) mass is 294 g/mol. The van der Waals surface area contributed by atoms with Gasteiger partial charge in [-0.05, 0) is 44.5 Å². The number of hydrogen-bond acceptors (Lipinski definition) is 4. The molecule has 4 nitrogen and oxygen atoms in total. The summed E-state index contributed by atoms with van der Waals surface area (Å²) in [5.41, 5.74) is 1.06. The number of carbonyl (C=O) groups is 2. The molecule has 0 aliphatic carbocycles. The van der Waals surface area contributed by atoms with Crippen LogP contribution >= 0.6 is 11.6 Å². The lowest BCUT2D eigenvalue weighted by Gasteiger charge is -2.31. The molecule has 1 aliphatic rings. The lowest BCUT2D eigenvalue weighted by atomic mass is 9.90. The number of piperidine rings is 1.